The van der Waals surface area contributed by atoms with Crippen LogP contribution in [0.2, 0.25) is 0 Å². The van der Waals surface area contributed by atoms with Crippen molar-refractivity contribution in [1.82, 2.24) is 0 Å². The maximum absolute atomic E-state index is 14.9. The van der Waals surface area contributed by atoms with Crippen molar-refractivity contribution in [3.8, 4) is 12.3 Å². The fourth-order valence-electron chi connectivity index (χ4n) is 7.43. The number of rotatable bonds is 3. The zero-order valence-corrected chi connectivity index (χ0v) is 19.3. The Morgan fingerprint density at radius 1 is 1.16 bits per heavy atom. The molecular formula is C28H31FOS. The maximum Gasteiger partial charge on any atom is 0.163 e. The van der Waals surface area contributed by atoms with Gasteiger partial charge in [-0.3, -0.25) is 4.79 Å². The molecule has 6 atom stereocenters. The molecule has 0 spiro atoms. The fourth-order valence-corrected chi connectivity index (χ4v) is 7.84. The quantitative estimate of drug-likeness (QED) is 0.380. The van der Waals surface area contributed by atoms with Crippen LogP contribution < -0.4 is 0 Å². The predicted octanol–water partition coefficient (Wildman–Crippen LogP) is 6.90. The predicted molar refractivity (Wildman–Crippen MR) is 126 cm³/mol. The molecule has 31 heavy (non-hydrogen) atoms. The minimum absolute atomic E-state index is 0.0492. The second kappa shape index (κ2) is 7.96. The first kappa shape index (κ1) is 21.1. The van der Waals surface area contributed by atoms with E-state index in [1.165, 1.54) is 21.6 Å². The Balaban J connectivity index is 1.65. The molecule has 2 fully saturated rings. The van der Waals surface area contributed by atoms with Gasteiger partial charge in [-0.25, -0.2) is 4.39 Å². The lowest BCUT2D eigenvalue weighted by Crippen LogP contribution is -2.45. The van der Waals surface area contributed by atoms with Crippen molar-refractivity contribution in [3.63, 3.8) is 0 Å². The molecule has 0 radical (unpaired) electrons. The highest BCUT2D eigenvalue weighted by Gasteiger charge is 2.58. The van der Waals surface area contributed by atoms with E-state index in [2.05, 4.69) is 43.4 Å². The molecule has 0 aliphatic heterocycles. The summed E-state index contributed by atoms with van der Waals surface area (Å²) in [7, 11) is 0. The van der Waals surface area contributed by atoms with E-state index < -0.39 is 6.17 Å². The van der Waals surface area contributed by atoms with Crippen molar-refractivity contribution in [2.75, 3.05) is 6.26 Å². The summed E-state index contributed by atoms with van der Waals surface area (Å²) in [6.07, 6.45) is 14.9. The number of carbonyl (C=O) groups is 1. The number of benzene rings is 1. The lowest BCUT2D eigenvalue weighted by Gasteiger charge is -2.53. The highest BCUT2D eigenvalue weighted by atomic mass is 32.2. The Hall–Kier alpha value is -1.79. The third-order valence-corrected chi connectivity index (χ3v) is 9.58. The molecule has 0 N–H and O–H groups in total. The van der Waals surface area contributed by atoms with Gasteiger partial charge in [-0.15, -0.1) is 18.2 Å². The minimum Gasteiger partial charge on any atom is -0.295 e. The number of ketones is 1. The maximum atomic E-state index is 14.9. The number of carbonyl (C=O) groups excluding carboxylic acids is 1. The van der Waals surface area contributed by atoms with E-state index in [0.29, 0.717) is 24.2 Å². The zero-order valence-electron chi connectivity index (χ0n) is 18.5. The number of hydrogen-bond acceptors (Lipinski definition) is 2. The molecule has 0 bridgehead atoms. The van der Waals surface area contributed by atoms with Crippen molar-refractivity contribution in [1.29, 1.82) is 0 Å². The van der Waals surface area contributed by atoms with Gasteiger partial charge in [0, 0.05) is 23.2 Å². The number of thioether (sulfide) groups is 1. The fraction of sp³-hybridized carbons (Fsp3) is 0.536. The first-order valence-corrected chi connectivity index (χ1v) is 12.9. The summed E-state index contributed by atoms with van der Waals surface area (Å²) in [6, 6.07) is 8.97. The summed E-state index contributed by atoms with van der Waals surface area (Å²) in [4.78, 5) is 13.4. The topological polar surface area (TPSA) is 17.1 Å². The van der Waals surface area contributed by atoms with Crippen LogP contribution in [0, 0.1) is 35.5 Å². The number of hydrogen-bond donors (Lipinski definition) is 0. The van der Waals surface area contributed by atoms with E-state index in [0.717, 1.165) is 38.5 Å². The zero-order chi connectivity index (χ0) is 21.8. The van der Waals surface area contributed by atoms with Crippen LogP contribution in [0.25, 0.3) is 0 Å². The van der Waals surface area contributed by atoms with Crippen LogP contribution in [0.3, 0.4) is 0 Å². The van der Waals surface area contributed by atoms with Crippen LogP contribution in [0.4, 0.5) is 4.39 Å². The Morgan fingerprint density at radius 2 is 1.94 bits per heavy atom. The highest BCUT2D eigenvalue weighted by Crippen LogP contribution is 2.66. The summed E-state index contributed by atoms with van der Waals surface area (Å²) in [5.41, 5.74) is 5.56. The first-order chi connectivity index (χ1) is 15.0. The summed E-state index contributed by atoms with van der Waals surface area (Å²) in [6.45, 7) is 2.32. The van der Waals surface area contributed by atoms with Crippen LogP contribution >= 0.6 is 11.8 Å². The minimum atomic E-state index is -1.16. The Morgan fingerprint density at radius 3 is 2.65 bits per heavy atom. The largest absolute Gasteiger partial charge is 0.295 e. The molecule has 1 aromatic carbocycles. The van der Waals surface area contributed by atoms with Gasteiger partial charge < -0.3 is 0 Å². The number of halogens is 1. The normalized spacial score (nSPS) is 35.5. The summed E-state index contributed by atoms with van der Waals surface area (Å²) in [5, 5.41) is 0. The average molecular weight is 435 g/mol. The van der Waals surface area contributed by atoms with E-state index in [4.69, 9.17) is 6.42 Å². The summed E-state index contributed by atoms with van der Waals surface area (Å²) in [5.74, 6) is 3.92. The highest BCUT2D eigenvalue weighted by molar-refractivity contribution is 7.98. The lowest BCUT2D eigenvalue weighted by atomic mass is 9.51. The molecule has 6 unspecified atom stereocenters. The van der Waals surface area contributed by atoms with Crippen molar-refractivity contribution in [2.45, 2.75) is 68.9 Å². The van der Waals surface area contributed by atoms with Gasteiger partial charge in [0.2, 0.25) is 0 Å². The van der Waals surface area contributed by atoms with E-state index in [1.807, 2.05) is 6.08 Å². The lowest BCUT2D eigenvalue weighted by molar-refractivity contribution is -0.114. The summed E-state index contributed by atoms with van der Waals surface area (Å²) < 4.78 is 14.9. The molecule has 0 saturated heterocycles. The first-order valence-electron chi connectivity index (χ1n) is 11.7. The summed E-state index contributed by atoms with van der Waals surface area (Å²) >= 11 is 1.76. The SMILES string of the molecule is C#CC(F)C1CCC2C3CCC4=CC(=O)CCC4=C3C(c3ccc(SC)cc3)CC12C. The molecule has 0 aromatic heterocycles. The van der Waals surface area contributed by atoms with Gasteiger partial charge >= 0.3 is 0 Å². The third kappa shape index (κ3) is 3.34. The molecule has 162 valence electrons. The molecule has 1 aromatic rings. The molecule has 4 aliphatic rings. The number of terminal acetylenes is 1. The molecule has 0 amide bonds. The molecule has 5 rings (SSSR count). The number of fused-ring (bicyclic) bond motifs is 4. The average Bonchev–Trinajstić information content (AvgIpc) is 3.14. The van der Waals surface area contributed by atoms with Crippen LogP contribution in [0.15, 0.2) is 52.0 Å². The van der Waals surface area contributed by atoms with E-state index in [9.17, 15) is 9.18 Å². The van der Waals surface area contributed by atoms with Crippen LogP contribution in [0.1, 0.15) is 63.4 Å². The molecule has 2 saturated carbocycles. The van der Waals surface area contributed by atoms with Gasteiger partial charge in [-0.1, -0.05) is 30.6 Å². The monoisotopic (exact) mass is 434 g/mol. The number of alkyl halides is 1. The third-order valence-electron chi connectivity index (χ3n) is 8.84. The molecule has 0 heterocycles. The molecule has 3 heteroatoms. The van der Waals surface area contributed by atoms with Gasteiger partial charge in [-0.05, 0) is 96.9 Å². The van der Waals surface area contributed by atoms with Gasteiger partial charge in [0.15, 0.2) is 12.0 Å². The van der Waals surface area contributed by atoms with Crippen molar-refractivity contribution >= 4 is 17.5 Å². The van der Waals surface area contributed by atoms with E-state index in [-0.39, 0.29) is 17.1 Å². The van der Waals surface area contributed by atoms with Crippen LogP contribution in [-0.4, -0.2) is 18.2 Å². The van der Waals surface area contributed by atoms with Crippen LogP contribution in [-0.2, 0) is 4.79 Å². The van der Waals surface area contributed by atoms with Crippen molar-refractivity contribution in [2.24, 2.45) is 23.2 Å². The van der Waals surface area contributed by atoms with Gasteiger partial charge in [0.05, 0.1) is 0 Å². The smallest absolute Gasteiger partial charge is 0.163 e. The molecule has 4 aliphatic carbocycles. The van der Waals surface area contributed by atoms with Crippen LogP contribution in [0.5, 0.6) is 0 Å². The van der Waals surface area contributed by atoms with E-state index in [1.54, 1.807) is 17.3 Å². The molecule has 1 nitrogen and oxygen atoms in total. The van der Waals surface area contributed by atoms with Crippen molar-refractivity contribution in [3.05, 3.63) is 52.6 Å². The van der Waals surface area contributed by atoms with Crippen molar-refractivity contribution < 1.29 is 9.18 Å². The number of allylic oxidation sites excluding steroid dienone is 4. The molecular weight excluding hydrogens is 403 g/mol. The Labute approximate surface area is 190 Å². The van der Waals surface area contributed by atoms with E-state index >= 15 is 0 Å². The van der Waals surface area contributed by atoms with Gasteiger partial charge in [-0.2, -0.15) is 0 Å². The second-order valence-corrected chi connectivity index (χ2v) is 11.0. The Kier molecular flexibility index (Phi) is 5.41. The van der Waals surface area contributed by atoms with Gasteiger partial charge in [0.25, 0.3) is 0 Å². The standard InChI is InChI=1S/C28H31FOS/c1-4-26(29)25-14-13-24-22-11-7-18-15-19(30)8-12-21(18)27(22)23(16-28(24,25)2)17-5-9-20(31-3)10-6-17/h1,5-6,9-10,15,22-26H,7-8,11-14,16H2,2-3H3. The Bertz CT molecular complexity index is 997. The second-order valence-electron chi connectivity index (χ2n) is 10.1. The van der Waals surface area contributed by atoms with Gasteiger partial charge in [0.1, 0.15) is 0 Å².